The Balaban J connectivity index is 0.000000141. The maximum atomic E-state index is 12.9. The van der Waals surface area contributed by atoms with Crippen molar-refractivity contribution in [3.05, 3.63) is 220 Å². The van der Waals surface area contributed by atoms with Crippen molar-refractivity contribution in [1.82, 2.24) is 31.7 Å². The molecule has 5 amide bonds. The number of hydrogen-bond donors (Lipinski definition) is 5. The number of ketones is 4. The summed E-state index contributed by atoms with van der Waals surface area (Å²) in [6.45, 7) is 12.9. The number of nitriles is 3. The van der Waals surface area contributed by atoms with Gasteiger partial charge in [-0.05, 0) is 121 Å². The summed E-state index contributed by atoms with van der Waals surface area (Å²) in [4.78, 5) is 112. The Morgan fingerprint density at radius 2 is 0.783 bits per heavy atom. The number of Topliss-reactive ketones (excluding diaryl/α,β-unsaturated/α-hetero) is 4. The summed E-state index contributed by atoms with van der Waals surface area (Å²) in [5.74, 6) is -0.272. The van der Waals surface area contributed by atoms with Gasteiger partial charge >= 0.3 is 29.6 Å². The molecule has 0 radical (unpaired) electrons. The van der Waals surface area contributed by atoms with Crippen LogP contribution < -0.4 is 61.2 Å². The third-order valence-corrected chi connectivity index (χ3v) is 24.8. The summed E-state index contributed by atoms with van der Waals surface area (Å²) in [6.07, 6.45) is 11.2. The van der Waals surface area contributed by atoms with Crippen LogP contribution in [0.25, 0.3) is 0 Å². The molecule has 7 fully saturated rings. The maximum Gasteiger partial charge on any atom is 1.00 e. The van der Waals surface area contributed by atoms with Crippen LogP contribution in [0.5, 0.6) is 0 Å². The second-order valence-corrected chi connectivity index (χ2v) is 29.4. The Bertz CT molecular complexity index is 4360. The van der Waals surface area contributed by atoms with Gasteiger partial charge in [0.05, 0.1) is 50.5 Å². The minimum absolute atomic E-state index is 0. The summed E-state index contributed by atoms with van der Waals surface area (Å²) < 4.78 is 5.45. The van der Waals surface area contributed by atoms with Crippen molar-refractivity contribution in [2.75, 3.05) is 39.8 Å². The molecule has 0 spiro atoms. The van der Waals surface area contributed by atoms with Gasteiger partial charge in [0.25, 0.3) is 0 Å². The van der Waals surface area contributed by atoms with Gasteiger partial charge in [-0.3, -0.25) is 43.2 Å². The van der Waals surface area contributed by atoms with Crippen LogP contribution in [0.1, 0.15) is 131 Å². The van der Waals surface area contributed by atoms with Crippen LogP contribution in [0.15, 0.2) is 186 Å². The average Bonchev–Trinajstić information content (AvgIpc) is 1.11. The SMILES string of the molecule is C[C@@H]1C(=O)C(C#N)=C[C@]2(c3ccccc3)C(=O)NCC[C@@H]12.C[C@@H]1C(=O)C(C#N)C[C@]2(c3ccccc3)C(=O)NCC[C@@H]12.C[C@@H]1C(=O)CC[C@]2(c3ccccc3)C(=O)NCC[C@@H]12.C[C@@H]1c2oncc2C[C@]2(c3ccccc3)C(=O)NCC[C@@H]12.C[C@H]1C(=O)C(C#N)=C[C@@]2(c3ccccc3)C(=O)NCC[C@H]12.C[O-].[Na+]. The van der Waals surface area contributed by atoms with Crippen LogP contribution in [-0.4, -0.2) is 97.7 Å². The fraction of sp³-hybridized carbons (Fsp3) is 0.424. The Morgan fingerprint density at radius 1 is 0.434 bits per heavy atom. The van der Waals surface area contributed by atoms with Crippen molar-refractivity contribution in [2.24, 2.45) is 59.2 Å². The van der Waals surface area contributed by atoms with Crippen molar-refractivity contribution in [3.8, 4) is 18.2 Å². The minimum atomic E-state index is -0.905. The minimum Gasteiger partial charge on any atom is -0.857 e. The van der Waals surface area contributed by atoms with Gasteiger partial charge < -0.3 is 36.2 Å². The summed E-state index contributed by atoms with van der Waals surface area (Å²) >= 11 is 0. The molecule has 1 unspecified atom stereocenters. The Morgan fingerprint density at radius 3 is 1.20 bits per heavy atom. The number of aromatic nitrogens is 1. The molecule has 5 saturated heterocycles. The van der Waals surface area contributed by atoms with Gasteiger partial charge in [-0.2, -0.15) is 22.9 Å². The summed E-state index contributed by atoms with van der Waals surface area (Å²) in [6, 6.07) is 54.6. The molecule has 20 nitrogen and oxygen atoms in total. The summed E-state index contributed by atoms with van der Waals surface area (Å²) in [5, 5.41) is 54.8. The van der Waals surface area contributed by atoms with Gasteiger partial charge in [0.15, 0.2) is 17.3 Å². The van der Waals surface area contributed by atoms with E-state index in [4.69, 9.17) is 9.63 Å². The Kier molecular flexibility index (Phi) is 24.8. The van der Waals surface area contributed by atoms with Crippen LogP contribution in [0.3, 0.4) is 0 Å². The standard InChI is InChI=1S/2C17H18N2O2.2C17H16N2O2.C16H19NO2.CH3O.Na/c1-11-14-7-8-18-16(20)17(14,13-5-3-2-4-6-13)9-12-10-19-21-15(11)12;3*1-11-14-7-8-19-16(21)17(14,9-12(10-18)15(11)20)13-5-3-2-4-6-13;1-11-13-8-10-17-15(19)16(13,9-7-14(11)18)12-5-3-2-4-6-12;1-2;/h2-6,10-11,14H,7-9H2,1H3,(H,18,20);2-6,11-12,14H,7-9H2,1H3,(H,19,21);2*2-6,9,11,14H,7-8H2,1H3,(H,19,21);2-6,11,13H,7-10H2,1H3,(H,17,19);1H3;/q;;;;;-1;+1/t11-,14-,17+;11-,12?,14-,17+;2*11-,14-,17+;11-,13-,16+;;/m00100../s1. The first-order valence-electron chi connectivity index (χ1n) is 36.6. The van der Waals surface area contributed by atoms with Gasteiger partial charge in [-0.1, -0.05) is 191 Å². The van der Waals surface area contributed by atoms with Crippen molar-refractivity contribution in [1.29, 1.82) is 15.8 Å². The molecule has 16 atom stereocenters. The normalized spacial score (nSPS) is 32.0. The first-order chi connectivity index (χ1) is 50.7. The van der Waals surface area contributed by atoms with Gasteiger partial charge in [0, 0.05) is 74.3 Å². The van der Waals surface area contributed by atoms with Crippen LogP contribution in [0.2, 0.25) is 0 Å². The van der Waals surface area contributed by atoms with E-state index in [1.165, 1.54) is 0 Å². The molecule has 5 aliphatic carbocycles. The molecule has 5 aliphatic heterocycles. The number of nitrogens with one attached hydrogen (secondary N) is 5. The Hall–Kier alpha value is -9.75. The molecule has 6 aromatic rings. The zero-order valence-corrected chi connectivity index (χ0v) is 63.2. The molecule has 106 heavy (non-hydrogen) atoms. The number of hydrogen-bond acceptors (Lipinski definition) is 15. The molecular formula is C85H90N9NaO11. The van der Waals surface area contributed by atoms with Gasteiger partial charge in [-0.25, -0.2) is 0 Å². The van der Waals surface area contributed by atoms with E-state index in [9.17, 15) is 58.9 Å². The predicted octanol–water partition coefficient (Wildman–Crippen LogP) is 5.72. The zero-order valence-electron chi connectivity index (χ0n) is 61.2. The van der Waals surface area contributed by atoms with Crippen molar-refractivity contribution >= 4 is 52.7 Å². The molecule has 0 bridgehead atoms. The van der Waals surface area contributed by atoms with E-state index in [1.807, 2.05) is 179 Å². The first-order valence-corrected chi connectivity index (χ1v) is 36.6. The fourth-order valence-electron chi connectivity index (χ4n) is 19.5. The zero-order chi connectivity index (χ0) is 75.0. The fourth-order valence-corrected chi connectivity index (χ4v) is 19.5. The molecule has 5 aromatic carbocycles. The van der Waals surface area contributed by atoms with Crippen LogP contribution in [-0.2, 0) is 76.6 Å². The van der Waals surface area contributed by atoms with Gasteiger partial charge in [0.2, 0.25) is 29.5 Å². The van der Waals surface area contributed by atoms with E-state index in [2.05, 4.69) is 56.9 Å². The van der Waals surface area contributed by atoms with Crippen molar-refractivity contribution in [3.63, 3.8) is 0 Å². The molecule has 21 heteroatoms. The third-order valence-electron chi connectivity index (χ3n) is 24.8. The molecule has 6 heterocycles. The quantitative estimate of drug-likeness (QED) is 0.129. The smallest absolute Gasteiger partial charge is 0.857 e. The second kappa shape index (κ2) is 33.4. The number of piperidine rings is 5. The van der Waals surface area contributed by atoms with E-state index >= 15 is 0 Å². The topological polar surface area (TPSA) is 334 Å². The molecule has 2 saturated carbocycles. The number of benzene rings is 5. The van der Waals surface area contributed by atoms with Crippen molar-refractivity contribution in [2.45, 2.75) is 125 Å². The average molecular weight is 1440 g/mol. The first kappa shape index (κ1) is 78.8. The third kappa shape index (κ3) is 13.7. The van der Waals surface area contributed by atoms with Crippen LogP contribution >= 0.6 is 0 Å². The second-order valence-electron chi connectivity index (χ2n) is 29.4. The van der Waals surface area contributed by atoms with Crippen LogP contribution in [0.4, 0.5) is 0 Å². The Labute approximate surface area is 641 Å². The van der Waals surface area contributed by atoms with E-state index < -0.39 is 33.0 Å². The number of rotatable bonds is 5. The number of nitrogens with zero attached hydrogens (tertiary/aromatic N) is 4. The monoisotopic (exact) mass is 1440 g/mol. The number of allylic oxidation sites excluding steroid dienone is 2. The molecule has 5 N–H and O–H groups in total. The van der Waals surface area contributed by atoms with Gasteiger partial charge in [0.1, 0.15) is 29.6 Å². The number of carbonyl (C=O) groups excluding carboxylic acids is 9. The van der Waals surface area contributed by atoms with E-state index in [1.54, 1.807) is 18.3 Å². The summed E-state index contributed by atoms with van der Waals surface area (Å²) in [7, 11) is 0.750. The number of amides is 5. The van der Waals surface area contributed by atoms with E-state index in [0.29, 0.717) is 57.6 Å². The van der Waals surface area contributed by atoms with E-state index in [-0.39, 0.29) is 147 Å². The van der Waals surface area contributed by atoms with Crippen LogP contribution in [0, 0.1) is 93.2 Å². The largest absolute Gasteiger partial charge is 1.00 e. The molecular weight excluding hydrogens is 1350 g/mol. The molecule has 10 aliphatic rings. The van der Waals surface area contributed by atoms with Gasteiger partial charge in [-0.15, -0.1) is 0 Å². The summed E-state index contributed by atoms with van der Waals surface area (Å²) in [5.41, 5.74) is 2.51. The maximum absolute atomic E-state index is 12.9. The van der Waals surface area contributed by atoms with E-state index in [0.717, 1.165) is 84.9 Å². The predicted molar refractivity (Wildman–Crippen MR) is 388 cm³/mol. The van der Waals surface area contributed by atoms with Crippen molar-refractivity contribution < 1.29 is 82.3 Å². The number of carbonyl (C=O) groups is 9. The molecule has 16 rings (SSSR count). The number of fused-ring (bicyclic) bond motifs is 6. The molecule has 1 aromatic heterocycles. The molecule has 542 valence electrons.